The van der Waals surface area contributed by atoms with Gasteiger partial charge in [0.2, 0.25) is 0 Å². The molecule has 1 aliphatic rings. The maximum Gasteiger partial charge on any atom is 0.330 e. The molecule has 0 saturated heterocycles. The second-order valence-electron chi connectivity index (χ2n) is 9.42. The average molecular weight is 659 g/mol. The Kier molecular flexibility index (Phi) is 15.6. The van der Waals surface area contributed by atoms with Crippen molar-refractivity contribution in [3.05, 3.63) is 58.3 Å². The third kappa shape index (κ3) is 12.3. The molecule has 0 amide bonds. The van der Waals surface area contributed by atoms with E-state index in [1.54, 1.807) is 19.9 Å². The summed E-state index contributed by atoms with van der Waals surface area (Å²) in [7, 11) is 0. The molecule has 1 aromatic carbocycles. The molecule has 0 aliphatic carbocycles. The highest BCUT2D eigenvalue weighted by Gasteiger charge is 2.30. The van der Waals surface area contributed by atoms with E-state index in [0.717, 1.165) is 17.7 Å². The largest absolute Gasteiger partial charge is 0.492 e. The van der Waals surface area contributed by atoms with Crippen molar-refractivity contribution in [3.63, 3.8) is 0 Å². The number of aryl methyl sites for hydroxylation is 1. The lowest BCUT2D eigenvalue weighted by atomic mass is 10.2. The second-order valence-corrected chi connectivity index (χ2v) is 11.7. The molecule has 0 aromatic heterocycles. The van der Waals surface area contributed by atoms with Crippen LogP contribution in [0.2, 0.25) is 0 Å². The number of carbonyl (C=O) groups is 4. The molecular formula is C31H34N2O10S2. The molecule has 1 aliphatic heterocycles. The van der Waals surface area contributed by atoms with E-state index in [1.165, 1.54) is 23.5 Å². The van der Waals surface area contributed by atoms with Gasteiger partial charge in [0, 0.05) is 25.0 Å². The molecule has 12 nitrogen and oxygen atoms in total. The molecule has 0 saturated carbocycles. The van der Waals surface area contributed by atoms with Crippen LogP contribution in [0.15, 0.2) is 51.1 Å². The van der Waals surface area contributed by atoms with Crippen molar-refractivity contribution in [2.24, 2.45) is 0 Å². The van der Waals surface area contributed by atoms with Crippen LogP contribution in [0.4, 0.5) is 0 Å². The van der Waals surface area contributed by atoms with E-state index in [1.807, 2.05) is 13.0 Å². The summed E-state index contributed by atoms with van der Waals surface area (Å²) in [5, 5.41) is 9.42. The van der Waals surface area contributed by atoms with Crippen molar-refractivity contribution in [1.29, 1.82) is 5.26 Å². The number of nitriles is 1. The average Bonchev–Trinajstić information content (AvgIpc) is 3.45. The molecule has 0 bridgehead atoms. The van der Waals surface area contributed by atoms with Crippen molar-refractivity contribution in [3.8, 4) is 17.6 Å². The van der Waals surface area contributed by atoms with Crippen molar-refractivity contribution < 1.29 is 47.6 Å². The topological polar surface area (TPSA) is 152 Å². The number of hydrogen-bond donors (Lipinski definition) is 0. The summed E-state index contributed by atoms with van der Waals surface area (Å²) in [6.45, 7) is 19.2. The SMILES string of the molecule is [C-]#[N+]/C(C#N)=C1\Sc2c(OCCCC(=O)OCC(C)OC(=O)C=C)cc(C)c(OCCCC(=O)OCC(C)OC(=O)C=C)c2S1. The van der Waals surface area contributed by atoms with Crippen LogP contribution in [0.1, 0.15) is 45.1 Å². The lowest BCUT2D eigenvalue weighted by Gasteiger charge is -2.17. The van der Waals surface area contributed by atoms with Gasteiger partial charge in [0.15, 0.2) is 0 Å². The Bertz CT molecular complexity index is 1390. The Hall–Kier alpha value is -4.40. The molecule has 1 aromatic rings. The first-order valence-electron chi connectivity index (χ1n) is 13.8. The van der Waals surface area contributed by atoms with E-state index >= 15 is 0 Å². The summed E-state index contributed by atoms with van der Waals surface area (Å²) in [5.74, 6) is -1.08. The van der Waals surface area contributed by atoms with Crippen LogP contribution in [0, 0.1) is 24.8 Å². The first-order valence-corrected chi connectivity index (χ1v) is 15.4. The van der Waals surface area contributed by atoms with Crippen molar-refractivity contribution >= 4 is 47.4 Å². The van der Waals surface area contributed by atoms with Crippen LogP contribution in [0.3, 0.4) is 0 Å². The summed E-state index contributed by atoms with van der Waals surface area (Å²) in [5.41, 5.74) is 0.685. The molecule has 0 fully saturated rings. The number of carbonyl (C=O) groups excluding carboxylic acids is 4. The minimum atomic E-state index is -0.606. The molecule has 2 atom stereocenters. The summed E-state index contributed by atoms with van der Waals surface area (Å²) in [6.07, 6.45) is 1.71. The van der Waals surface area contributed by atoms with E-state index < -0.39 is 36.1 Å². The van der Waals surface area contributed by atoms with Gasteiger partial charge in [-0.05, 0) is 45.2 Å². The van der Waals surface area contributed by atoms with E-state index in [2.05, 4.69) is 18.0 Å². The second kappa shape index (κ2) is 19.1. The van der Waals surface area contributed by atoms with Gasteiger partial charge in [-0.25, -0.2) is 19.7 Å². The molecule has 240 valence electrons. The molecular weight excluding hydrogens is 624 g/mol. The highest BCUT2D eigenvalue weighted by molar-refractivity contribution is 8.24. The zero-order valence-electron chi connectivity index (χ0n) is 25.3. The molecule has 0 spiro atoms. The van der Waals surface area contributed by atoms with Gasteiger partial charge in [-0.2, -0.15) is 0 Å². The zero-order chi connectivity index (χ0) is 33.4. The van der Waals surface area contributed by atoms with Crippen molar-refractivity contribution in [2.45, 2.75) is 68.5 Å². The summed E-state index contributed by atoms with van der Waals surface area (Å²) >= 11 is 2.46. The smallest absolute Gasteiger partial charge is 0.330 e. The monoisotopic (exact) mass is 658 g/mol. The van der Waals surface area contributed by atoms with E-state index in [0.29, 0.717) is 38.4 Å². The number of fused-ring (bicyclic) bond motifs is 1. The van der Waals surface area contributed by atoms with Gasteiger partial charge in [-0.15, -0.1) is 0 Å². The van der Waals surface area contributed by atoms with Crippen LogP contribution in [-0.4, -0.2) is 62.5 Å². The minimum absolute atomic E-state index is 0.0535. The summed E-state index contributed by atoms with van der Waals surface area (Å²) < 4.78 is 32.7. The molecule has 0 N–H and O–H groups in total. The Labute approximate surface area is 270 Å². The fourth-order valence-corrected chi connectivity index (χ4v) is 6.11. The number of hydrogen-bond acceptors (Lipinski definition) is 13. The van der Waals surface area contributed by atoms with E-state index in [9.17, 15) is 24.4 Å². The van der Waals surface area contributed by atoms with E-state index in [4.69, 9.17) is 35.0 Å². The van der Waals surface area contributed by atoms with E-state index in [-0.39, 0.29) is 45.0 Å². The maximum atomic E-state index is 12.1. The highest BCUT2D eigenvalue weighted by Crippen LogP contribution is 2.59. The van der Waals surface area contributed by atoms with Gasteiger partial charge in [0.25, 0.3) is 5.70 Å². The number of rotatable bonds is 18. The predicted octanol–water partition coefficient (Wildman–Crippen LogP) is 5.44. The van der Waals surface area contributed by atoms with Crippen LogP contribution in [0.25, 0.3) is 4.85 Å². The molecule has 14 heteroatoms. The number of ether oxygens (including phenoxy) is 6. The molecule has 0 radical (unpaired) electrons. The minimum Gasteiger partial charge on any atom is -0.492 e. The fraction of sp³-hybridized carbons (Fsp3) is 0.419. The Morgan fingerprint density at radius 2 is 1.44 bits per heavy atom. The number of nitrogens with zero attached hydrogens (tertiary/aromatic N) is 2. The Morgan fingerprint density at radius 3 is 1.93 bits per heavy atom. The predicted molar refractivity (Wildman–Crippen MR) is 165 cm³/mol. The number of allylic oxidation sites excluding steroid dienone is 1. The van der Waals surface area contributed by atoms with Crippen LogP contribution in [-0.2, 0) is 38.1 Å². The number of esters is 4. The summed E-state index contributed by atoms with van der Waals surface area (Å²) in [6, 6.07) is 3.69. The normalized spacial score (nSPS) is 13.9. The van der Waals surface area contributed by atoms with Gasteiger partial charge in [0.1, 0.15) is 36.9 Å². The van der Waals surface area contributed by atoms with Gasteiger partial charge in [0.05, 0.1) is 39.9 Å². The lowest BCUT2D eigenvalue weighted by molar-refractivity contribution is -0.154. The maximum absolute atomic E-state index is 12.1. The third-order valence-corrected chi connectivity index (χ3v) is 8.21. The lowest BCUT2D eigenvalue weighted by Crippen LogP contribution is -2.21. The zero-order valence-corrected chi connectivity index (χ0v) is 26.9. The third-order valence-electron chi connectivity index (χ3n) is 5.62. The number of thioether (sulfide) groups is 2. The van der Waals surface area contributed by atoms with Gasteiger partial charge in [-0.1, -0.05) is 36.7 Å². The highest BCUT2D eigenvalue weighted by atomic mass is 32.2. The van der Waals surface area contributed by atoms with Crippen LogP contribution >= 0.6 is 23.5 Å². The quantitative estimate of drug-likeness (QED) is 0.0492. The first-order chi connectivity index (χ1) is 21.5. The Balaban J connectivity index is 1.98. The van der Waals surface area contributed by atoms with Crippen LogP contribution in [0.5, 0.6) is 11.5 Å². The van der Waals surface area contributed by atoms with Crippen molar-refractivity contribution in [2.75, 3.05) is 26.4 Å². The van der Waals surface area contributed by atoms with Gasteiger partial charge < -0.3 is 28.4 Å². The number of benzene rings is 1. The molecule has 1 heterocycles. The first kappa shape index (κ1) is 36.8. The molecule has 45 heavy (non-hydrogen) atoms. The fourth-order valence-electron chi connectivity index (χ4n) is 3.53. The summed E-state index contributed by atoms with van der Waals surface area (Å²) in [4.78, 5) is 51.3. The van der Waals surface area contributed by atoms with Gasteiger partial charge >= 0.3 is 23.9 Å². The molecule has 2 unspecified atom stereocenters. The standard InChI is InChI=1S/C31H34N2O10S2/c1-7-24(34)42-20(4)17-40-26(36)11-9-13-38-23-15-19(3)28(30-29(23)44-31(45-30)22(16-32)33-6)39-14-10-12-27(37)41-18-21(5)43-25(35)8-2/h7-8,15,20-21H,1-2,9-14,17-18H2,3-5H3/b31-22+. The molecule has 2 rings (SSSR count). The van der Waals surface area contributed by atoms with Crippen molar-refractivity contribution in [1.82, 2.24) is 0 Å². The van der Waals surface area contributed by atoms with Gasteiger partial charge in [-0.3, -0.25) is 9.59 Å². The van der Waals surface area contributed by atoms with Crippen LogP contribution < -0.4 is 9.47 Å². The Morgan fingerprint density at radius 1 is 0.933 bits per heavy atom.